The third-order valence-corrected chi connectivity index (χ3v) is 6.74. The summed E-state index contributed by atoms with van der Waals surface area (Å²) in [5, 5.41) is 19.4. The van der Waals surface area contributed by atoms with Crippen molar-refractivity contribution >= 4 is 23.8 Å². The Kier molecular flexibility index (Phi) is 8.57. The number of aliphatic hydroxyl groups is 1. The van der Waals surface area contributed by atoms with Crippen LogP contribution in [0.25, 0.3) is 0 Å². The van der Waals surface area contributed by atoms with Crippen molar-refractivity contribution in [3.05, 3.63) is 0 Å². The fraction of sp³-hybridized carbons (Fsp3) is 0.818. The molecule has 0 aromatic rings. The van der Waals surface area contributed by atoms with E-state index in [1.54, 1.807) is 6.92 Å². The second-order valence-corrected chi connectivity index (χ2v) is 9.38. The molecular weight excluding hydrogens is 464 g/mol. The van der Waals surface area contributed by atoms with Gasteiger partial charge in [-0.05, 0) is 19.8 Å². The van der Waals surface area contributed by atoms with Crippen LogP contribution in [0.2, 0.25) is 0 Å². The molecule has 3 rings (SSSR count). The van der Waals surface area contributed by atoms with Crippen molar-refractivity contribution in [3.8, 4) is 0 Å². The van der Waals surface area contributed by atoms with Gasteiger partial charge in [0.1, 0.15) is 24.4 Å². The molecule has 35 heavy (non-hydrogen) atoms. The van der Waals surface area contributed by atoms with Gasteiger partial charge in [0, 0.05) is 34.9 Å². The predicted molar refractivity (Wildman–Crippen MR) is 120 cm³/mol. The fourth-order valence-electron chi connectivity index (χ4n) is 5.21. The van der Waals surface area contributed by atoms with Crippen LogP contribution in [0.5, 0.6) is 0 Å². The SMILES string of the molecule is CO[C@H]1[C@@H](O)[C@H](NC(C)=O)[C@@H](O[C@H]2O[C@H]([C@H](C)NC(C)=O)CC[C@H]2NC(C)=O)[C@@H]2OC(=O)N(C)[C@@H]12. The Balaban J connectivity index is 1.92. The lowest BCUT2D eigenvalue weighted by Crippen LogP contribution is -2.71. The molecule has 0 aromatic heterocycles. The molecule has 2 saturated heterocycles. The maximum atomic E-state index is 12.4. The van der Waals surface area contributed by atoms with Crippen LogP contribution in [0.3, 0.4) is 0 Å². The summed E-state index contributed by atoms with van der Waals surface area (Å²) in [5.74, 6) is -0.918. The molecule has 2 heterocycles. The number of hydrogen-bond donors (Lipinski definition) is 4. The van der Waals surface area contributed by atoms with Crippen molar-refractivity contribution in [3.63, 3.8) is 0 Å². The number of hydrogen-bond acceptors (Lipinski definition) is 9. The number of aliphatic hydroxyl groups excluding tert-OH is 1. The maximum absolute atomic E-state index is 12.4. The summed E-state index contributed by atoms with van der Waals surface area (Å²) < 4.78 is 23.6. The number of fused-ring (bicyclic) bond motifs is 1. The number of amides is 4. The van der Waals surface area contributed by atoms with Gasteiger partial charge in [0.05, 0.1) is 24.2 Å². The molecule has 3 aliphatic rings. The molecule has 13 nitrogen and oxygen atoms in total. The number of methoxy groups -OCH3 is 1. The Morgan fingerprint density at radius 3 is 2.31 bits per heavy atom. The largest absolute Gasteiger partial charge is 0.441 e. The number of carbonyl (C=O) groups excluding carboxylic acids is 4. The van der Waals surface area contributed by atoms with Crippen LogP contribution in [0.1, 0.15) is 40.5 Å². The zero-order valence-electron chi connectivity index (χ0n) is 20.8. The van der Waals surface area contributed by atoms with Crippen LogP contribution < -0.4 is 16.0 Å². The van der Waals surface area contributed by atoms with Crippen molar-refractivity contribution < 1.29 is 43.2 Å². The van der Waals surface area contributed by atoms with Gasteiger partial charge in [0.2, 0.25) is 17.7 Å². The minimum absolute atomic E-state index is 0.210. The molecular formula is C22H36N4O9. The Bertz CT molecular complexity index is 823. The van der Waals surface area contributed by atoms with Gasteiger partial charge in [-0.25, -0.2) is 4.79 Å². The zero-order valence-corrected chi connectivity index (χ0v) is 20.8. The van der Waals surface area contributed by atoms with E-state index in [9.17, 15) is 24.3 Å². The summed E-state index contributed by atoms with van der Waals surface area (Å²) in [6, 6.07) is -2.56. The second-order valence-electron chi connectivity index (χ2n) is 9.38. The second kappa shape index (κ2) is 11.1. The van der Waals surface area contributed by atoms with Crippen LogP contribution in [-0.2, 0) is 33.3 Å². The highest BCUT2D eigenvalue weighted by Crippen LogP contribution is 2.37. The van der Waals surface area contributed by atoms with E-state index >= 15 is 0 Å². The lowest BCUT2D eigenvalue weighted by molar-refractivity contribution is -0.265. The molecule has 1 aliphatic carbocycles. The number of nitrogens with one attached hydrogen (secondary N) is 3. The van der Waals surface area contributed by atoms with Gasteiger partial charge in [-0.3, -0.25) is 14.4 Å². The van der Waals surface area contributed by atoms with Crippen LogP contribution in [0.15, 0.2) is 0 Å². The van der Waals surface area contributed by atoms with E-state index in [0.29, 0.717) is 12.8 Å². The van der Waals surface area contributed by atoms with E-state index in [-0.39, 0.29) is 17.9 Å². The van der Waals surface area contributed by atoms with E-state index in [2.05, 4.69) is 16.0 Å². The van der Waals surface area contributed by atoms with Gasteiger partial charge >= 0.3 is 6.09 Å². The topological polar surface area (TPSA) is 165 Å². The van der Waals surface area contributed by atoms with Crippen molar-refractivity contribution in [2.24, 2.45) is 0 Å². The van der Waals surface area contributed by atoms with Crippen LogP contribution in [0, 0.1) is 0 Å². The first-order chi connectivity index (χ1) is 16.4. The Labute approximate surface area is 204 Å². The molecule has 10 atom stereocenters. The minimum Gasteiger partial charge on any atom is -0.441 e. The van der Waals surface area contributed by atoms with E-state index in [4.69, 9.17) is 18.9 Å². The molecule has 0 spiro atoms. The zero-order chi connectivity index (χ0) is 26.0. The molecule has 4 N–H and O–H groups in total. The lowest BCUT2D eigenvalue weighted by Gasteiger charge is -2.48. The summed E-state index contributed by atoms with van der Waals surface area (Å²) in [6.07, 6.45) is -5.00. The molecule has 4 amide bonds. The summed E-state index contributed by atoms with van der Waals surface area (Å²) in [7, 11) is 2.93. The van der Waals surface area contributed by atoms with Gasteiger partial charge in [-0.15, -0.1) is 0 Å². The molecule has 0 aromatic carbocycles. The fourth-order valence-corrected chi connectivity index (χ4v) is 5.21. The Hall–Kier alpha value is -2.48. The quantitative estimate of drug-likeness (QED) is 0.330. The summed E-state index contributed by atoms with van der Waals surface area (Å²) in [4.78, 5) is 49.2. The molecule has 198 valence electrons. The highest BCUT2D eigenvalue weighted by atomic mass is 16.7. The van der Waals surface area contributed by atoms with Crippen LogP contribution >= 0.6 is 0 Å². The third kappa shape index (κ3) is 5.85. The highest BCUT2D eigenvalue weighted by Gasteiger charge is 2.60. The van der Waals surface area contributed by atoms with E-state index in [1.165, 1.54) is 39.8 Å². The van der Waals surface area contributed by atoms with Gasteiger partial charge in [0.25, 0.3) is 0 Å². The summed E-state index contributed by atoms with van der Waals surface area (Å²) in [6.45, 7) is 5.89. The van der Waals surface area contributed by atoms with Gasteiger partial charge in [-0.2, -0.15) is 0 Å². The molecule has 2 aliphatic heterocycles. The maximum Gasteiger partial charge on any atom is 0.410 e. The first-order valence-electron chi connectivity index (χ1n) is 11.7. The first-order valence-corrected chi connectivity index (χ1v) is 11.7. The molecule has 0 radical (unpaired) electrons. The van der Waals surface area contributed by atoms with Crippen molar-refractivity contribution in [2.45, 2.75) is 102 Å². The minimum atomic E-state index is -1.23. The molecule has 1 saturated carbocycles. The number of likely N-dealkylation sites (N-methyl/N-ethyl adjacent to an activating group) is 1. The van der Waals surface area contributed by atoms with Gasteiger partial charge in [-0.1, -0.05) is 0 Å². The Morgan fingerprint density at radius 2 is 1.74 bits per heavy atom. The number of rotatable bonds is 7. The molecule has 0 bridgehead atoms. The van der Waals surface area contributed by atoms with Gasteiger partial charge < -0.3 is 44.9 Å². The first kappa shape index (κ1) is 27.1. The monoisotopic (exact) mass is 500 g/mol. The summed E-state index contributed by atoms with van der Waals surface area (Å²) >= 11 is 0. The van der Waals surface area contributed by atoms with E-state index < -0.39 is 66.9 Å². The average molecular weight is 501 g/mol. The third-order valence-electron chi connectivity index (χ3n) is 6.74. The summed E-state index contributed by atoms with van der Waals surface area (Å²) in [5.41, 5.74) is 0. The van der Waals surface area contributed by atoms with Gasteiger partial charge in [0.15, 0.2) is 12.4 Å². The van der Waals surface area contributed by atoms with Crippen molar-refractivity contribution in [2.75, 3.05) is 14.2 Å². The van der Waals surface area contributed by atoms with Crippen molar-refractivity contribution in [1.82, 2.24) is 20.9 Å². The Morgan fingerprint density at radius 1 is 1.09 bits per heavy atom. The molecule has 0 unspecified atom stereocenters. The number of ether oxygens (including phenoxy) is 4. The van der Waals surface area contributed by atoms with E-state index in [1.807, 2.05) is 0 Å². The van der Waals surface area contributed by atoms with Crippen LogP contribution in [-0.4, -0.2) is 109 Å². The van der Waals surface area contributed by atoms with E-state index in [0.717, 1.165) is 0 Å². The van der Waals surface area contributed by atoms with Crippen molar-refractivity contribution in [1.29, 1.82) is 0 Å². The standard InChI is InChI=1S/C22H36N4O9/c1-9(23-10(2)27)14-8-7-13(24-11(3)28)21(33-14)34-18-15(25-12(4)29)17(30)19(32-6)16-20(18)35-22(31)26(16)5/h9,13-21,30H,7-8H2,1-6H3,(H,23,27)(H,24,28)(H,25,29)/t9-,13+,14-,15-,16-,17-,18+,19+,20+,21+/m0/s1. The normalized spacial score (nSPS) is 37.6. The smallest absolute Gasteiger partial charge is 0.410 e. The lowest BCUT2D eigenvalue weighted by atomic mass is 9.81. The molecule has 13 heteroatoms. The van der Waals surface area contributed by atoms with Crippen LogP contribution in [0.4, 0.5) is 4.79 Å². The number of carbonyl (C=O) groups is 4. The highest BCUT2D eigenvalue weighted by molar-refractivity contribution is 5.74. The number of nitrogens with zero attached hydrogens (tertiary/aromatic N) is 1. The predicted octanol–water partition coefficient (Wildman–Crippen LogP) is -1.38. The molecule has 3 fully saturated rings. The average Bonchev–Trinajstić information content (AvgIpc) is 3.05.